The molecule has 134 valence electrons. The Kier molecular flexibility index (Phi) is 6.00. The molecule has 7 heteroatoms. The van der Waals surface area contributed by atoms with E-state index in [2.05, 4.69) is 5.32 Å². The number of benzene rings is 1. The minimum Gasteiger partial charge on any atom is -0.394 e. The molecule has 0 radical (unpaired) electrons. The molecule has 0 spiro atoms. The fourth-order valence-electron chi connectivity index (χ4n) is 2.73. The normalized spacial score (nSPS) is 13.3. The first-order valence-corrected chi connectivity index (χ1v) is 8.16. The van der Waals surface area contributed by atoms with E-state index in [0.717, 1.165) is 0 Å². The molecule has 2 N–H and O–H groups in total. The van der Waals surface area contributed by atoms with Gasteiger partial charge in [0.15, 0.2) is 5.72 Å². The SMILES string of the molecule is CC(=O)NC(C)(OCCO)c1ccc(C(=O)c2ccc(Cl)cc2)n1C. The Bertz CT molecular complexity index is 770. The number of carbonyl (C=O) groups is 2. The average Bonchev–Trinajstić information content (AvgIpc) is 2.94. The summed E-state index contributed by atoms with van der Waals surface area (Å²) in [5.41, 5.74) is 0.381. The van der Waals surface area contributed by atoms with Gasteiger partial charge >= 0.3 is 0 Å². The second kappa shape index (κ2) is 7.82. The number of amides is 1. The van der Waals surface area contributed by atoms with Crippen molar-refractivity contribution in [3.05, 3.63) is 58.4 Å². The first kappa shape index (κ1) is 19.2. The Balaban J connectivity index is 2.39. The van der Waals surface area contributed by atoms with Crippen molar-refractivity contribution >= 4 is 23.3 Å². The van der Waals surface area contributed by atoms with Gasteiger partial charge in [-0.15, -0.1) is 0 Å². The van der Waals surface area contributed by atoms with Crippen LogP contribution in [0.4, 0.5) is 0 Å². The summed E-state index contributed by atoms with van der Waals surface area (Å²) >= 11 is 5.86. The van der Waals surface area contributed by atoms with Gasteiger partial charge in [0, 0.05) is 24.6 Å². The molecule has 1 atom stereocenters. The maximum atomic E-state index is 12.7. The smallest absolute Gasteiger partial charge is 0.219 e. The molecule has 0 fully saturated rings. The van der Waals surface area contributed by atoms with Crippen LogP contribution >= 0.6 is 11.6 Å². The molecule has 0 aliphatic heterocycles. The quantitative estimate of drug-likeness (QED) is 0.583. The lowest BCUT2D eigenvalue weighted by atomic mass is 10.1. The van der Waals surface area contributed by atoms with Crippen LogP contribution in [0.3, 0.4) is 0 Å². The number of hydrogen-bond acceptors (Lipinski definition) is 4. The summed E-state index contributed by atoms with van der Waals surface area (Å²) in [5.74, 6) is -0.454. The first-order chi connectivity index (χ1) is 11.8. The zero-order valence-electron chi connectivity index (χ0n) is 14.4. The third kappa shape index (κ3) is 4.28. The number of carbonyl (C=O) groups excluding carboxylic acids is 2. The van der Waals surface area contributed by atoms with Crippen LogP contribution in [0.25, 0.3) is 0 Å². The molecule has 0 bridgehead atoms. The summed E-state index contributed by atoms with van der Waals surface area (Å²) in [5, 5.41) is 12.3. The molecule has 0 aliphatic rings. The maximum Gasteiger partial charge on any atom is 0.219 e. The topological polar surface area (TPSA) is 80.6 Å². The number of rotatable bonds is 7. The minimum absolute atomic E-state index is 0.0441. The van der Waals surface area contributed by atoms with E-state index in [0.29, 0.717) is 22.0 Å². The number of aliphatic hydroxyl groups excluding tert-OH is 1. The lowest BCUT2D eigenvalue weighted by molar-refractivity contribution is -0.134. The summed E-state index contributed by atoms with van der Waals surface area (Å²) in [4.78, 5) is 24.3. The van der Waals surface area contributed by atoms with Gasteiger partial charge in [-0.25, -0.2) is 0 Å². The minimum atomic E-state index is -1.16. The van der Waals surface area contributed by atoms with Crippen LogP contribution in [0.5, 0.6) is 0 Å². The predicted molar refractivity (Wildman–Crippen MR) is 94.5 cm³/mol. The Labute approximate surface area is 151 Å². The van der Waals surface area contributed by atoms with Crippen molar-refractivity contribution in [3.63, 3.8) is 0 Å². The van der Waals surface area contributed by atoms with Gasteiger partial charge in [-0.2, -0.15) is 0 Å². The van der Waals surface area contributed by atoms with Crippen molar-refractivity contribution < 1.29 is 19.4 Å². The molecule has 25 heavy (non-hydrogen) atoms. The van der Waals surface area contributed by atoms with E-state index in [1.54, 1.807) is 54.9 Å². The highest BCUT2D eigenvalue weighted by Crippen LogP contribution is 2.25. The Morgan fingerprint density at radius 2 is 1.88 bits per heavy atom. The average molecular weight is 365 g/mol. The van der Waals surface area contributed by atoms with E-state index in [9.17, 15) is 9.59 Å². The molecule has 0 saturated heterocycles. The van der Waals surface area contributed by atoms with E-state index in [-0.39, 0.29) is 24.9 Å². The van der Waals surface area contributed by atoms with E-state index >= 15 is 0 Å². The summed E-state index contributed by atoms with van der Waals surface area (Å²) in [6, 6.07) is 10.0. The van der Waals surface area contributed by atoms with Gasteiger partial charge in [-0.1, -0.05) is 11.6 Å². The predicted octanol–water partition coefficient (Wildman–Crippen LogP) is 2.23. The molecule has 6 nitrogen and oxygen atoms in total. The van der Waals surface area contributed by atoms with E-state index in [1.165, 1.54) is 6.92 Å². The van der Waals surface area contributed by atoms with Gasteiger partial charge in [0.1, 0.15) is 0 Å². The van der Waals surface area contributed by atoms with Gasteiger partial charge in [-0.05, 0) is 43.3 Å². The molecule has 0 aliphatic carbocycles. The largest absolute Gasteiger partial charge is 0.394 e. The standard InChI is InChI=1S/C18H21ClN2O4/c1-12(23)20-18(2,25-11-10-22)16-9-8-15(21(16)3)17(24)13-4-6-14(19)7-5-13/h4-9,22H,10-11H2,1-3H3,(H,20,23). The van der Waals surface area contributed by atoms with E-state index in [1.807, 2.05) is 0 Å². The molecule has 1 amide bonds. The second-order valence-corrected chi connectivity index (χ2v) is 6.22. The van der Waals surface area contributed by atoms with Crippen LogP contribution in [0, 0.1) is 0 Å². The van der Waals surface area contributed by atoms with Crippen molar-refractivity contribution in [1.29, 1.82) is 0 Å². The third-order valence-corrected chi connectivity index (χ3v) is 4.10. The Hall–Kier alpha value is -2.15. The maximum absolute atomic E-state index is 12.7. The lowest BCUT2D eigenvalue weighted by Gasteiger charge is -2.31. The fraction of sp³-hybridized carbons (Fsp3) is 0.333. The summed E-state index contributed by atoms with van der Waals surface area (Å²) in [6.45, 7) is 2.91. The van der Waals surface area contributed by atoms with Gasteiger partial charge in [0.25, 0.3) is 0 Å². The van der Waals surface area contributed by atoms with E-state index < -0.39 is 5.72 Å². The highest BCUT2D eigenvalue weighted by Gasteiger charge is 2.32. The molecular formula is C18H21ClN2O4. The zero-order chi connectivity index (χ0) is 18.6. The Morgan fingerprint density at radius 1 is 1.24 bits per heavy atom. The summed E-state index contributed by atoms with van der Waals surface area (Å²) in [7, 11) is 1.72. The summed E-state index contributed by atoms with van der Waals surface area (Å²) in [6.07, 6.45) is 0. The van der Waals surface area contributed by atoms with Gasteiger partial charge in [0.05, 0.1) is 24.6 Å². The van der Waals surface area contributed by atoms with E-state index in [4.69, 9.17) is 21.4 Å². The molecule has 1 unspecified atom stereocenters. The highest BCUT2D eigenvalue weighted by atomic mass is 35.5. The number of halogens is 1. The van der Waals surface area contributed by atoms with Crippen LogP contribution in [0.1, 0.15) is 35.6 Å². The number of aliphatic hydroxyl groups is 1. The van der Waals surface area contributed by atoms with Crippen LogP contribution in [0.2, 0.25) is 5.02 Å². The van der Waals surface area contributed by atoms with Crippen molar-refractivity contribution in [2.75, 3.05) is 13.2 Å². The van der Waals surface area contributed by atoms with Gasteiger partial charge in [0.2, 0.25) is 11.7 Å². The van der Waals surface area contributed by atoms with Crippen LogP contribution < -0.4 is 5.32 Å². The van der Waals surface area contributed by atoms with Crippen LogP contribution in [-0.4, -0.2) is 34.6 Å². The number of aromatic nitrogens is 1. The number of ketones is 1. The fourth-order valence-corrected chi connectivity index (χ4v) is 2.85. The monoisotopic (exact) mass is 364 g/mol. The van der Waals surface area contributed by atoms with Crippen LogP contribution in [0.15, 0.2) is 36.4 Å². The summed E-state index contributed by atoms with van der Waals surface area (Å²) < 4.78 is 7.31. The third-order valence-electron chi connectivity index (χ3n) is 3.85. The molecule has 2 aromatic rings. The lowest BCUT2D eigenvalue weighted by Crippen LogP contribution is -2.46. The number of nitrogens with zero attached hydrogens (tertiary/aromatic N) is 1. The number of nitrogens with one attached hydrogen (secondary N) is 1. The van der Waals surface area contributed by atoms with Gasteiger partial charge < -0.3 is 19.7 Å². The van der Waals surface area contributed by atoms with Gasteiger partial charge in [-0.3, -0.25) is 9.59 Å². The second-order valence-electron chi connectivity index (χ2n) is 5.79. The number of hydrogen-bond donors (Lipinski definition) is 2. The van der Waals surface area contributed by atoms with Crippen molar-refractivity contribution in [2.24, 2.45) is 7.05 Å². The molecule has 1 aromatic carbocycles. The zero-order valence-corrected chi connectivity index (χ0v) is 15.1. The molecular weight excluding hydrogens is 344 g/mol. The Morgan fingerprint density at radius 3 is 2.44 bits per heavy atom. The molecule has 2 rings (SSSR count). The highest BCUT2D eigenvalue weighted by molar-refractivity contribution is 6.30. The first-order valence-electron chi connectivity index (χ1n) is 7.78. The van der Waals surface area contributed by atoms with Crippen molar-refractivity contribution in [3.8, 4) is 0 Å². The van der Waals surface area contributed by atoms with Crippen molar-refractivity contribution in [2.45, 2.75) is 19.6 Å². The number of ether oxygens (including phenoxy) is 1. The molecule has 1 aromatic heterocycles. The molecule has 0 saturated carbocycles. The van der Waals surface area contributed by atoms with Crippen LogP contribution in [-0.2, 0) is 22.3 Å². The van der Waals surface area contributed by atoms with Crippen molar-refractivity contribution in [1.82, 2.24) is 9.88 Å². The molecule has 1 heterocycles.